The molecule has 1 aliphatic heterocycles. The zero-order valence-electron chi connectivity index (χ0n) is 20.7. The molecule has 0 saturated heterocycles. The Kier molecular flexibility index (Phi) is 7.96. The Morgan fingerprint density at radius 2 is 1.83 bits per heavy atom. The number of fused-ring (bicyclic) bond motifs is 1. The van der Waals surface area contributed by atoms with E-state index in [1.807, 2.05) is 18.9 Å². The summed E-state index contributed by atoms with van der Waals surface area (Å²) < 4.78 is 34.9. The van der Waals surface area contributed by atoms with Crippen molar-refractivity contribution in [3.63, 3.8) is 0 Å². The standard InChI is InChI=1S/C28H31F2N3O3/c1-18-14-33(19(2)17-34)28(35)23-12-21(22-9-5-7-11-25(22)30)13-31-27(23)36-26(18)16-32(3)15-20-8-4-6-10-24(20)29/h4-13,18-19,26,34H,14-17H2,1-3H3/t18-,19+,26-/m0/s1. The van der Waals surface area contributed by atoms with Gasteiger partial charge in [0.2, 0.25) is 5.88 Å². The molecule has 1 aromatic heterocycles. The van der Waals surface area contributed by atoms with Crippen LogP contribution in [0.1, 0.15) is 29.8 Å². The molecule has 6 nitrogen and oxygen atoms in total. The minimum Gasteiger partial charge on any atom is -0.472 e. The SMILES string of the molecule is C[C@H](CO)N1C[C@H](C)[C@H](CN(C)Cc2ccccc2F)Oc2ncc(-c3ccccc3F)cc2C1=O. The monoisotopic (exact) mass is 495 g/mol. The summed E-state index contributed by atoms with van der Waals surface area (Å²) in [4.78, 5) is 21.6. The van der Waals surface area contributed by atoms with Crippen molar-refractivity contribution >= 4 is 5.91 Å². The number of aliphatic hydroxyl groups is 1. The molecule has 1 aliphatic rings. The predicted octanol–water partition coefficient (Wildman–Crippen LogP) is 4.38. The number of carbonyl (C=O) groups excluding carboxylic acids is 1. The van der Waals surface area contributed by atoms with E-state index in [2.05, 4.69) is 4.98 Å². The number of hydrogen-bond donors (Lipinski definition) is 1. The topological polar surface area (TPSA) is 65.9 Å². The first-order valence-electron chi connectivity index (χ1n) is 12.0. The van der Waals surface area contributed by atoms with Crippen LogP contribution in [0.2, 0.25) is 0 Å². The van der Waals surface area contributed by atoms with Crippen molar-refractivity contribution in [2.45, 2.75) is 32.5 Å². The summed E-state index contributed by atoms with van der Waals surface area (Å²) in [5, 5.41) is 9.84. The molecule has 190 valence electrons. The highest BCUT2D eigenvalue weighted by atomic mass is 19.1. The van der Waals surface area contributed by atoms with E-state index < -0.39 is 11.9 Å². The summed E-state index contributed by atoms with van der Waals surface area (Å²) in [5.74, 6) is -0.960. The maximum atomic E-state index is 14.5. The molecule has 0 unspecified atom stereocenters. The molecule has 3 aromatic rings. The molecule has 4 rings (SSSR count). The lowest BCUT2D eigenvalue weighted by molar-refractivity contribution is 0.0324. The molecule has 0 bridgehead atoms. The van der Waals surface area contributed by atoms with Crippen molar-refractivity contribution in [3.8, 4) is 17.0 Å². The normalized spacial score (nSPS) is 18.9. The fourth-order valence-corrected chi connectivity index (χ4v) is 4.45. The Hall–Kier alpha value is -3.36. The molecular formula is C28H31F2N3O3. The van der Waals surface area contributed by atoms with Crippen molar-refractivity contribution in [1.82, 2.24) is 14.8 Å². The molecule has 3 atom stereocenters. The minimum atomic E-state index is -0.431. The number of ether oxygens (including phenoxy) is 1. The smallest absolute Gasteiger partial charge is 0.259 e. The first-order chi connectivity index (χ1) is 17.3. The Balaban J connectivity index is 1.67. The lowest BCUT2D eigenvalue weighted by atomic mass is 9.99. The molecule has 0 fully saturated rings. The Bertz CT molecular complexity index is 1220. The van der Waals surface area contributed by atoms with Crippen LogP contribution in [0.4, 0.5) is 8.78 Å². The fourth-order valence-electron chi connectivity index (χ4n) is 4.45. The number of hydrogen-bond acceptors (Lipinski definition) is 5. The number of likely N-dealkylation sites (N-methyl/N-ethyl adjacent to an activating group) is 1. The van der Waals surface area contributed by atoms with Crippen LogP contribution in [0.3, 0.4) is 0 Å². The van der Waals surface area contributed by atoms with E-state index in [0.29, 0.717) is 36.3 Å². The molecule has 0 radical (unpaired) electrons. The highest BCUT2D eigenvalue weighted by Crippen LogP contribution is 2.31. The second-order valence-electron chi connectivity index (χ2n) is 9.47. The van der Waals surface area contributed by atoms with Gasteiger partial charge in [-0.1, -0.05) is 43.3 Å². The quantitative estimate of drug-likeness (QED) is 0.527. The van der Waals surface area contributed by atoms with E-state index in [1.54, 1.807) is 54.3 Å². The van der Waals surface area contributed by atoms with Crippen LogP contribution in [-0.2, 0) is 6.54 Å². The van der Waals surface area contributed by atoms with Gasteiger partial charge in [-0.25, -0.2) is 13.8 Å². The number of pyridine rings is 1. The van der Waals surface area contributed by atoms with Gasteiger partial charge in [-0.15, -0.1) is 0 Å². The first kappa shape index (κ1) is 25.7. The molecular weight excluding hydrogens is 464 g/mol. The lowest BCUT2D eigenvalue weighted by Gasteiger charge is -2.37. The van der Waals surface area contributed by atoms with Gasteiger partial charge in [-0.2, -0.15) is 0 Å². The lowest BCUT2D eigenvalue weighted by Crippen LogP contribution is -2.49. The maximum absolute atomic E-state index is 14.5. The first-order valence-corrected chi connectivity index (χ1v) is 12.0. The number of aliphatic hydroxyl groups excluding tert-OH is 1. The molecule has 1 amide bonds. The fraction of sp³-hybridized carbons (Fsp3) is 0.357. The zero-order chi connectivity index (χ0) is 25.8. The van der Waals surface area contributed by atoms with Gasteiger partial charge in [-0.3, -0.25) is 9.69 Å². The Labute approximate surface area is 210 Å². The van der Waals surface area contributed by atoms with Crippen molar-refractivity contribution in [1.29, 1.82) is 0 Å². The van der Waals surface area contributed by atoms with Crippen molar-refractivity contribution in [2.75, 3.05) is 26.7 Å². The predicted molar refractivity (Wildman–Crippen MR) is 134 cm³/mol. The third-order valence-corrected chi connectivity index (χ3v) is 6.60. The molecule has 0 aliphatic carbocycles. The van der Waals surface area contributed by atoms with E-state index in [4.69, 9.17) is 4.74 Å². The third-order valence-electron chi connectivity index (χ3n) is 6.60. The van der Waals surface area contributed by atoms with E-state index >= 15 is 0 Å². The molecule has 2 heterocycles. The van der Waals surface area contributed by atoms with Crippen molar-refractivity contribution in [3.05, 3.63) is 83.6 Å². The average molecular weight is 496 g/mol. The highest BCUT2D eigenvalue weighted by Gasteiger charge is 2.34. The van der Waals surface area contributed by atoms with Gasteiger partial charge < -0.3 is 14.7 Å². The second-order valence-corrected chi connectivity index (χ2v) is 9.47. The van der Waals surface area contributed by atoms with Crippen LogP contribution in [0.25, 0.3) is 11.1 Å². The van der Waals surface area contributed by atoms with E-state index in [-0.39, 0.29) is 41.8 Å². The number of amides is 1. The zero-order valence-corrected chi connectivity index (χ0v) is 20.7. The number of carbonyl (C=O) groups is 1. The van der Waals surface area contributed by atoms with Crippen LogP contribution in [0.15, 0.2) is 60.8 Å². The third kappa shape index (κ3) is 5.55. The van der Waals surface area contributed by atoms with Gasteiger partial charge in [0, 0.05) is 48.4 Å². The van der Waals surface area contributed by atoms with Crippen molar-refractivity contribution < 1.29 is 23.4 Å². The number of aromatic nitrogens is 1. The summed E-state index contributed by atoms with van der Waals surface area (Å²) in [6.45, 7) is 4.75. The maximum Gasteiger partial charge on any atom is 0.259 e. The summed E-state index contributed by atoms with van der Waals surface area (Å²) in [6.07, 6.45) is 1.13. The van der Waals surface area contributed by atoms with E-state index in [1.165, 1.54) is 18.3 Å². The second kappa shape index (κ2) is 11.1. The van der Waals surface area contributed by atoms with Gasteiger partial charge in [0.25, 0.3) is 5.91 Å². The molecule has 2 aromatic carbocycles. The van der Waals surface area contributed by atoms with E-state index in [9.17, 15) is 18.7 Å². The molecule has 1 N–H and O–H groups in total. The summed E-state index contributed by atoms with van der Waals surface area (Å²) in [7, 11) is 1.89. The summed E-state index contributed by atoms with van der Waals surface area (Å²) in [5.41, 5.74) is 1.59. The van der Waals surface area contributed by atoms with Crippen LogP contribution >= 0.6 is 0 Å². The average Bonchev–Trinajstić information content (AvgIpc) is 2.87. The molecule has 0 spiro atoms. The Morgan fingerprint density at radius 3 is 2.53 bits per heavy atom. The van der Waals surface area contributed by atoms with Gasteiger partial charge in [0.05, 0.1) is 12.6 Å². The van der Waals surface area contributed by atoms with Crippen LogP contribution in [-0.4, -0.2) is 64.7 Å². The van der Waals surface area contributed by atoms with Crippen molar-refractivity contribution in [2.24, 2.45) is 5.92 Å². The van der Waals surface area contributed by atoms with Gasteiger partial charge >= 0.3 is 0 Å². The molecule has 0 saturated carbocycles. The summed E-state index contributed by atoms with van der Waals surface area (Å²) >= 11 is 0. The van der Waals surface area contributed by atoms with Gasteiger partial charge in [0.1, 0.15) is 23.3 Å². The number of benzene rings is 2. The summed E-state index contributed by atoms with van der Waals surface area (Å²) in [6, 6.07) is 14.1. The van der Waals surface area contributed by atoms with Crippen LogP contribution in [0, 0.1) is 17.6 Å². The van der Waals surface area contributed by atoms with Gasteiger partial charge in [-0.05, 0) is 32.2 Å². The number of rotatable bonds is 7. The number of nitrogens with zero attached hydrogens (tertiary/aromatic N) is 3. The van der Waals surface area contributed by atoms with Crippen LogP contribution in [0.5, 0.6) is 5.88 Å². The van der Waals surface area contributed by atoms with Crippen LogP contribution < -0.4 is 4.74 Å². The highest BCUT2D eigenvalue weighted by molar-refractivity contribution is 5.98. The van der Waals surface area contributed by atoms with E-state index in [0.717, 1.165) is 0 Å². The van der Waals surface area contributed by atoms with Gasteiger partial charge in [0.15, 0.2) is 0 Å². The number of halogens is 2. The minimum absolute atomic E-state index is 0.104. The molecule has 36 heavy (non-hydrogen) atoms. The largest absolute Gasteiger partial charge is 0.472 e. The molecule has 8 heteroatoms. The Morgan fingerprint density at radius 1 is 1.14 bits per heavy atom.